The molecule has 3 aromatic heterocycles. The zero-order chi connectivity index (χ0) is 20.7. The third-order valence-corrected chi connectivity index (χ3v) is 17.2. The summed E-state index contributed by atoms with van der Waals surface area (Å²) in [7, 11) is -3.06. The summed E-state index contributed by atoms with van der Waals surface area (Å²) in [6, 6.07) is 13.2. The van der Waals surface area contributed by atoms with Crippen molar-refractivity contribution in [3.63, 3.8) is 0 Å². The highest BCUT2D eigenvalue weighted by atomic mass is 32.1. The number of rotatable bonds is 3. The Morgan fingerprint density at radius 1 is 0.519 bits per heavy atom. The first-order valence-electron chi connectivity index (χ1n) is 9.44. The van der Waals surface area contributed by atoms with E-state index in [1.807, 2.05) is 34.2 Å². The van der Waals surface area contributed by atoms with Gasteiger partial charge in [-0.15, -0.1) is 0 Å². The molecule has 0 unspecified atom stereocenters. The second-order valence-corrected chi connectivity index (χ2v) is 28.7. The summed E-state index contributed by atoms with van der Waals surface area (Å²) in [4.78, 5) is 0. The molecule has 0 amide bonds. The van der Waals surface area contributed by atoms with Crippen molar-refractivity contribution in [3.05, 3.63) is 52.5 Å². The van der Waals surface area contributed by atoms with Crippen LogP contribution in [0.5, 0.6) is 0 Å². The fourth-order valence-electron chi connectivity index (χ4n) is 2.08. The first-order chi connectivity index (χ1) is 12.3. The Labute approximate surface area is 182 Å². The molecule has 0 saturated carbocycles. The van der Waals surface area contributed by atoms with Gasteiger partial charge < -0.3 is 0 Å². The molecule has 0 aliphatic rings. The van der Waals surface area contributed by atoms with Crippen molar-refractivity contribution in [2.24, 2.45) is 0 Å². The van der Waals surface area contributed by atoms with Gasteiger partial charge in [0.2, 0.25) is 0 Å². The lowest BCUT2D eigenvalue weighted by molar-refractivity contribution is 1.77. The standard InChI is InChI=1S/C10H20SSi2.C7H12SSi.C4H4S/c1-12(2,3)9-7-8-10(11-9)13(4,5)6;1-9(2,3)7-5-4-6-8-7;1-2-4-5-3-1/h7-8H,1-6H3;4-6H,1-3H3;1-4H. The molecule has 0 fully saturated rings. The summed E-state index contributed by atoms with van der Waals surface area (Å²) in [5, 5.41) is 6.24. The van der Waals surface area contributed by atoms with Gasteiger partial charge in [-0.1, -0.05) is 95.3 Å². The molecule has 6 heteroatoms. The second-order valence-electron chi connectivity index (χ2n) is 9.68. The lowest BCUT2D eigenvalue weighted by Crippen LogP contribution is -2.38. The van der Waals surface area contributed by atoms with Crippen LogP contribution in [0.4, 0.5) is 0 Å². The minimum atomic E-state index is -1.05. The van der Waals surface area contributed by atoms with Crippen LogP contribution in [0.15, 0.2) is 52.5 Å². The molecule has 0 nitrogen and oxygen atoms in total. The van der Waals surface area contributed by atoms with Crippen LogP contribution in [0.25, 0.3) is 0 Å². The average molecular weight is 469 g/mol. The molecule has 0 aliphatic carbocycles. The molecule has 3 aromatic rings. The van der Waals surface area contributed by atoms with Crippen molar-refractivity contribution in [2.45, 2.75) is 58.9 Å². The summed E-state index contributed by atoms with van der Waals surface area (Å²) < 4.78 is 4.91. The molecule has 0 bridgehead atoms. The van der Waals surface area contributed by atoms with E-state index in [0.717, 1.165) is 0 Å². The van der Waals surface area contributed by atoms with Gasteiger partial charge in [0, 0.05) is 0 Å². The Morgan fingerprint density at radius 2 is 0.963 bits per heavy atom. The molecule has 0 atom stereocenters. The lowest BCUT2D eigenvalue weighted by Gasteiger charge is -2.15. The highest BCUT2D eigenvalue weighted by molar-refractivity contribution is 7.35. The molecule has 150 valence electrons. The van der Waals surface area contributed by atoms with Crippen LogP contribution in [0.2, 0.25) is 58.9 Å². The van der Waals surface area contributed by atoms with Crippen LogP contribution >= 0.6 is 34.0 Å². The predicted molar refractivity (Wildman–Crippen MR) is 142 cm³/mol. The maximum absolute atomic E-state index is 2.42. The van der Waals surface area contributed by atoms with E-state index < -0.39 is 24.2 Å². The third-order valence-electron chi connectivity index (χ3n) is 3.77. The molecule has 3 rings (SSSR count). The third kappa shape index (κ3) is 9.67. The first kappa shape index (κ1) is 24.8. The molecule has 0 spiro atoms. The molecule has 0 N–H and O–H groups in total. The van der Waals surface area contributed by atoms with Crippen LogP contribution in [0.3, 0.4) is 0 Å². The van der Waals surface area contributed by atoms with Gasteiger partial charge in [-0.2, -0.15) is 34.0 Å². The minimum Gasteiger partial charge on any atom is -0.155 e. The van der Waals surface area contributed by atoms with Gasteiger partial charge in [0.25, 0.3) is 0 Å². The van der Waals surface area contributed by atoms with Crippen LogP contribution in [0.1, 0.15) is 0 Å². The molecular formula is C21H36S3Si3. The highest BCUT2D eigenvalue weighted by Gasteiger charge is 2.23. The molecule has 0 aliphatic heterocycles. The van der Waals surface area contributed by atoms with Crippen molar-refractivity contribution >= 4 is 71.7 Å². The summed E-state index contributed by atoms with van der Waals surface area (Å²) in [6.45, 7) is 21.7. The van der Waals surface area contributed by atoms with Gasteiger partial charge in [0.1, 0.15) is 0 Å². The quantitative estimate of drug-likeness (QED) is 0.367. The fourth-order valence-corrected chi connectivity index (χ4v) is 10.3. The normalized spacial score (nSPS) is 11.9. The van der Waals surface area contributed by atoms with Gasteiger partial charge in [-0.25, -0.2) is 0 Å². The van der Waals surface area contributed by atoms with E-state index in [9.17, 15) is 0 Å². The summed E-state index contributed by atoms with van der Waals surface area (Å²) >= 11 is 5.67. The lowest BCUT2D eigenvalue weighted by atomic mass is 10.7. The Kier molecular flexibility index (Phi) is 9.64. The van der Waals surface area contributed by atoms with E-state index in [4.69, 9.17) is 0 Å². The summed E-state index contributed by atoms with van der Waals surface area (Å²) in [5.74, 6) is 0. The maximum Gasteiger partial charge on any atom is 0.0903 e. The molecule has 0 radical (unpaired) electrons. The molecule has 0 aromatic carbocycles. The Balaban J connectivity index is 0.000000224. The maximum atomic E-state index is 2.42. The van der Waals surface area contributed by atoms with Crippen molar-refractivity contribution in [2.75, 3.05) is 0 Å². The Morgan fingerprint density at radius 3 is 1.15 bits per heavy atom. The summed E-state index contributed by atoms with van der Waals surface area (Å²) in [6.07, 6.45) is 0. The molecule has 0 saturated heterocycles. The SMILES string of the molecule is C[Si](C)(C)c1ccc([Si](C)(C)C)s1.C[Si](C)(C)c1cccs1.c1ccsc1. The van der Waals surface area contributed by atoms with E-state index in [1.54, 1.807) is 24.8 Å². The van der Waals surface area contributed by atoms with Crippen LogP contribution in [-0.4, -0.2) is 24.2 Å². The van der Waals surface area contributed by atoms with E-state index in [-0.39, 0.29) is 0 Å². The molecule has 27 heavy (non-hydrogen) atoms. The molecule has 3 heterocycles. The monoisotopic (exact) mass is 468 g/mol. The van der Waals surface area contributed by atoms with Gasteiger partial charge in [0.15, 0.2) is 0 Å². The number of thiophene rings is 3. The Bertz CT molecular complexity index is 692. The van der Waals surface area contributed by atoms with Gasteiger partial charge in [0.05, 0.1) is 24.2 Å². The van der Waals surface area contributed by atoms with E-state index >= 15 is 0 Å². The van der Waals surface area contributed by atoms with E-state index in [0.29, 0.717) is 0 Å². The van der Waals surface area contributed by atoms with Gasteiger partial charge >= 0.3 is 0 Å². The van der Waals surface area contributed by atoms with E-state index in [2.05, 4.69) is 99.9 Å². The largest absolute Gasteiger partial charge is 0.155 e. The summed E-state index contributed by atoms with van der Waals surface area (Å²) in [5.41, 5.74) is 0. The predicted octanol–water partition coefficient (Wildman–Crippen LogP) is 6.88. The zero-order valence-electron chi connectivity index (χ0n) is 18.4. The van der Waals surface area contributed by atoms with Gasteiger partial charge in [-0.3, -0.25) is 0 Å². The number of hydrogen-bond donors (Lipinski definition) is 0. The van der Waals surface area contributed by atoms with Gasteiger partial charge in [-0.05, 0) is 29.6 Å². The van der Waals surface area contributed by atoms with Crippen molar-refractivity contribution < 1.29 is 0 Å². The smallest absolute Gasteiger partial charge is 0.0903 e. The highest BCUT2D eigenvalue weighted by Crippen LogP contribution is 2.11. The first-order valence-corrected chi connectivity index (χ1v) is 22.6. The number of hydrogen-bond acceptors (Lipinski definition) is 3. The molecular weight excluding hydrogens is 433 g/mol. The minimum absolute atomic E-state index is 0.963. The van der Waals surface area contributed by atoms with E-state index in [1.165, 1.54) is 0 Å². The van der Waals surface area contributed by atoms with Crippen LogP contribution < -0.4 is 13.5 Å². The van der Waals surface area contributed by atoms with Crippen LogP contribution in [-0.2, 0) is 0 Å². The fraction of sp³-hybridized carbons (Fsp3) is 0.429. The Hall–Kier alpha value is -0.249. The van der Waals surface area contributed by atoms with Crippen molar-refractivity contribution in [3.8, 4) is 0 Å². The second kappa shape index (κ2) is 10.5. The average Bonchev–Trinajstić information content (AvgIpc) is 3.28. The van der Waals surface area contributed by atoms with Crippen molar-refractivity contribution in [1.82, 2.24) is 0 Å². The zero-order valence-corrected chi connectivity index (χ0v) is 23.9. The van der Waals surface area contributed by atoms with Crippen LogP contribution in [0, 0.1) is 0 Å². The topological polar surface area (TPSA) is 0 Å². The van der Waals surface area contributed by atoms with Crippen molar-refractivity contribution in [1.29, 1.82) is 0 Å².